The quantitative estimate of drug-likeness (QED) is 0.578. The van der Waals surface area contributed by atoms with Crippen LogP contribution < -0.4 is 4.90 Å². The van der Waals surface area contributed by atoms with Crippen molar-refractivity contribution in [3.8, 4) is 0 Å². The molecule has 9 heteroatoms. The Labute approximate surface area is 167 Å². The van der Waals surface area contributed by atoms with E-state index in [1.54, 1.807) is 34.1 Å². The van der Waals surface area contributed by atoms with Crippen LogP contribution in [0.1, 0.15) is 23.4 Å². The van der Waals surface area contributed by atoms with Crippen molar-refractivity contribution in [1.29, 1.82) is 0 Å². The van der Waals surface area contributed by atoms with Crippen LogP contribution >= 0.6 is 0 Å². The van der Waals surface area contributed by atoms with Gasteiger partial charge in [-0.3, -0.25) is 19.7 Å². The first-order chi connectivity index (χ1) is 14.0. The second-order valence-corrected chi connectivity index (χ2v) is 7.22. The molecule has 0 spiro atoms. The SMILES string of the molecule is O=C(C1CCCN1C(=O)c1ccco1)N1CCN(c2ccc([N+](=O)[O-])cc2)CC1. The fourth-order valence-electron chi connectivity index (χ4n) is 3.99. The average Bonchev–Trinajstić information content (AvgIpc) is 3.45. The maximum absolute atomic E-state index is 13.1. The molecule has 2 fully saturated rings. The highest BCUT2D eigenvalue weighted by Gasteiger charge is 2.38. The van der Waals surface area contributed by atoms with Gasteiger partial charge in [0.15, 0.2) is 5.76 Å². The van der Waals surface area contributed by atoms with Crippen molar-refractivity contribution in [3.05, 3.63) is 58.5 Å². The highest BCUT2D eigenvalue weighted by molar-refractivity contribution is 5.96. The summed E-state index contributed by atoms with van der Waals surface area (Å²) in [6, 6.07) is 9.28. The number of hydrogen-bond donors (Lipinski definition) is 0. The van der Waals surface area contributed by atoms with Gasteiger partial charge in [0.2, 0.25) is 5.91 Å². The molecule has 4 rings (SSSR count). The maximum atomic E-state index is 13.1. The lowest BCUT2D eigenvalue weighted by molar-refractivity contribution is -0.384. The van der Waals surface area contributed by atoms with Crippen LogP contribution in [0.4, 0.5) is 11.4 Å². The Morgan fingerprint density at radius 1 is 1.03 bits per heavy atom. The largest absolute Gasteiger partial charge is 0.459 e. The standard InChI is InChI=1S/C20H22N4O5/c25-19(17-3-1-9-23(17)20(26)18-4-2-14-29-18)22-12-10-21(11-13-22)15-5-7-16(8-6-15)24(27)28/h2,4-8,14,17H,1,3,9-13H2. The van der Waals surface area contributed by atoms with Crippen LogP contribution in [0, 0.1) is 10.1 Å². The van der Waals surface area contributed by atoms with Crippen molar-refractivity contribution < 1.29 is 18.9 Å². The number of hydrogen-bond acceptors (Lipinski definition) is 6. The van der Waals surface area contributed by atoms with Crippen LogP contribution in [0.5, 0.6) is 0 Å². The van der Waals surface area contributed by atoms with Gasteiger partial charge in [-0.1, -0.05) is 0 Å². The Balaban J connectivity index is 1.37. The van der Waals surface area contributed by atoms with Crippen LogP contribution in [0.15, 0.2) is 47.1 Å². The number of likely N-dealkylation sites (tertiary alicyclic amines) is 1. The smallest absolute Gasteiger partial charge is 0.290 e. The summed E-state index contributed by atoms with van der Waals surface area (Å²) >= 11 is 0. The molecule has 0 radical (unpaired) electrons. The molecule has 9 nitrogen and oxygen atoms in total. The number of anilines is 1. The van der Waals surface area contributed by atoms with Crippen molar-refractivity contribution in [2.45, 2.75) is 18.9 Å². The molecule has 29 heavy (non-hydrogen) atoms. The summed E-state index contributed by atoms with van der Waals surface area (Å²) in [6.45, 7) is 2.94. The predicted molar refractivity (Wildman–Crippen MR) is 105 cm³/mol. The van der Waals surface area contributed by atoms with E-state index in [4.69, 9.17) is 4.42 Å². The van der Waals surface area contributed by atoms with Gasteiger partial charge in [0.05, 0.1) is 11.2 Å². The van der Waals surface area contributed by atoms with E-state index in [2.05, 4.69) is 4.90 Å². The molecule has 2 amide bonds. The molecule has 2 saturated heterocycles. The van der Waals surface area contributed by atoms with Crippen LogP contribution in [0.3, 0.4) is 0 Å². The fraction of sp³-hybridized carbons (Fsp3) is 0.400. The topological polar surface area (TPSA) is 100 Å². The molecule has 0 N–H and O–H groups in total. The third-order valence-corrected chi connectivity index (χ3v) is 5.55. The molecule has 2 aromatic rings. The molecule has 1 aromatic carbocycles. The third-order valence-electron chi connectivity index (χ3n) is 5.55. The number of furan rings is 1. The van der Waals surface area contributed by atoms with E-state index in [0.29, 0.717) is 39.1 Å². The third kappa shape index (κ3) is 3.80. The van der Waals surface area contributed by atoms with E-state index in [0.717, 1.165) is 12.1 Å². The molecule has 0 saturated carbocycles. The minimum atomic E-state index is -0.446. The molecule has 1 atom stereocenters. The molecule has 1 unspecified atom stereocenters. The number of nitro groups is 1. The number of benzene rings is 1. The number of piperazine rings is 1. The number of non-ortho nitro benzene ring substituents is 1. The summed E-state index contributed by atoms with van der Waals surface area (Å²) in [5.74, 6) is -0.00573. The van der Waals surface area contributed by atoms with Crippen LogP contribution in [0.25, 0.3) is 0 Å². The first-order valence-corrected chi connectivity index (χ1v) is 9.67. The van der Waals surface area contributed by atoms with E-state index in [9.17, 15) is 19.7 Å². The van der Waals surface area contributed by atoms with Gasteiger partial charge in [-0.15, -0.1) is 0 Å². The molecule has 152 valence electrons. The van der Waals surface area contributed by atoms with E-state index in [-0.39, 0.29) is 23.3 Å². The summed E-state index contributed by atoms with van der Waals surface area (Å²) < 4.78 is 5.20. The molecule has 3 heterocycles. The normalized spacial score (nSPS) is 19.4. The Morgan fingerprint density at radius 2 is 1.76 bits per heavy atom. The zero-order valence-corrected chi connectivity index (χ0v) is 15.9. The minimum absolute atomic E-state index is 0.0224. The Hall–Kier alpha value is -3.36. The first-order valence-electron chi connectivity index (χ1n) is 9.67. The van der Waals surface area contributed by atoms with Gasteiger partial charge in [0.1, 0.15) is 6.04 Å². The van der Waals surface area contributed by atoms with Gasteiger partial charge < -0.3 is 19.1 Å². The van der Waals surface area contributed by atoms with E-state index >= 15 is 0 Å². The Morgan fingerprint density at radius 3 is 2.38 bits per heavy atom. The second-order valence-electron chi connectivity index (χ2n) is 7.22. The molecule has 0 bridgehead atoms. The zero-order chi connectivity index (χ0) is 20.4. The van der Waals surface area contributed by atoms with Gasteiger partial charge in [-0.05, 0) is 37.1 Å². The Bertz CT molecular complexity index is 888. The minimum Gasteiger partial charge on any atom is -0.459 e. The molecular formula is C20H22N4O5. The van der Waals surface area contributed by atoms with E-state index < -0.39 is 11.0 Å². The van der Waals surface area contributed by atoms with Crippen LogP contribution in [-0.2, 0) is 4.79 Å². The first kappa shape index (κ1) is 19.0. The monoisotopic (exact) mass is 398 g/mol. The average molecular weight is 398 g/mol. The van der Waals surface area contributed by atoms with Crippen molar-refractivity contribution in [2.75, 3.05) is 37.6 Å². The van der Waals surface area contributed by atoms with Gasteiger partial charge in [0, 0.05) is 50.5 Å². The van der Waals surface area contributed by atoms with Gasteiger partial charge in [0.25, 0.3) is 11.6 Å². The number of amides is 2. The zero-order valence-electron chi connectivity index (χ0n) is 15.9. The molecule has 0 aliphatic carbocycles. The predicted octanol–water partition coefficient (Wildman–Crippen LogP) is 2.14. The lowest BCUT2D eigenvalue weighted by Gasteiger charge is -2.38. The summed E-state index contributed by atoms with van der Waals surface area (Å²) in [5.41, 5.74) is 0.961. The maximum Gasteiger partial charge on any atom is 0.290 e. The molecule has 2 aliphatic rings. The summed E-state index contributed by atoms with van der Waals surface area (Å²) in [5, 5.41) is 10.8. The lowest BCUT2D eigenvalue weighted by Crippen LogP contribution is -2.54. The van der Waals surface area contributed by atoms with E-state index in [1.165, 1.54) is 18.4 Å². The van der Waals surface area contributed by atoms with Crippen LogP contribution in [0.2, 0.25) is 0 Å². The molecule has 2 aliphatic heterocycles. The number of carbonyl (C=O) groups is 2. The highest BCUT2D eigenvalue weighted by Crippen LogP contribution is 2.24. The van der Waals surface area contributed by atoms with Crippen molar-refractivity contribution >= 4 is 23.2 Å². The number of rotatable bonds is 4. The molecule has 1 aromatic heterocycles. The lowest BCUT2D eigenvalue weighted by atomic mass is 10.1. The summed E-state index contributed by atoms with van der Waals surface area (Å²) in [6.07, 6.45) is 2.91. The van der Waals surface area contributed by atoms with Crippen LogP contribution in [-0.4, -0.2) is 65.3 Å². The van der Waals surface area contributed by atoms with Gasteiger partial charge in [-0.25, -0.2) is 0 Å². The Kier molecular flexibility index (Phi) is 5.20. The van der Waals surface area contributed by atoms with E-state index in [1.807, 2.05) is 0 Å². The summed E-state index contributed by atoms with van der Waals surface area (Å²) in [7, 11) is 0. The highest BCUT2D eigenvalue weighted by atomic mass is 16.6. The number of nitrogens with zero attached hydrogens (tertiary/aromatic N) is 4. The number of nitro benzene ring substituents is 1. The fourth-order valence-corrected chi connectivity index (χ4v) is 3.99. The summed E-state index contributed by atoms with van der Waals surface area (Å²) in [4.78, 5) is 41.6. The number of carbonyl (C=O) groups excluding carboxylic acids is 2. The van der Waals surface area contributed by atoms with Crippen molar-refractivity contribution in [1.82, 2.24) is 9.80 Å². The molecular weight excluding hydrogens is 376 g/mol. The van der Waals surface area contributed by atoms with Gasteiger partial charge in [-0.2, -0.15) is 0 Å². The van der Waals surface area contributed by atoms with Gasteiger partial charge >= 0.3 is 0 Å². The van der Waals surface area contributed by atoms with Crippen molar-refractivity contribution in [2.24, 2.45) is 0 Å². The second kappa shape index (κ2) is 7.94. The van der Waals surface area contributed by atoms with Crippen molar-refractivity contribution in [3.63, 3.8) is 0 Å².